The lowest BCUT2D eigenvalue weighted by Gasteiger charge is -2.31. The van der Waals surface area contributed by atoms with Crippen molar-refractivity contribution in [2.24, 2.45) is 0 Å². The zero-order valence-electron chi connectivity index (χ0n) is 17.5. The normalized spacial score (nSPS) is 16.5. The number of hydrogen-bond donors (Lipinski definition) is 1. The van der Waals surface area contributed by atoms with E-state index in [2.05, 4.69) is 10.1 Å². The van der Waals surface area contributed by atoms with Crippen LogP contribution in [0.1, 0.15) is 40.6 Å². The molecule has 1 fully saturated rings. The van der Waals surface area contributed by atoms with Crippen molar-refractivity contribution in [2.75, 3.05) is 13.1 Å². The summed E-state index contributed by atoms with van der Waals surface area (Å²) in [5.41, 5.74) is 3.51. The molecule has 1 atom stereocenters. The molecule has 7 nitrogen and oxygen atoms in total. The first-order valence-electron chi connectivity index (χ1n) is 10.6. The summed E-state index contributed by atoms with van der Waals surface area (Å²) in [6.45, 7) is 3.65. The van der Waals surface area contributed by atoms with Gasteiger partial charge >= 0.3 is 0 Å². The summed E-state index contributed by atoms with van der Waals surface area (Å²) in [6, 6.07) is 17.6. The number of benzene rings is 2. The van der Waals surface area contributed by atoms with Crippen LogP contribution in [0.2, 0.25) is 0 Å². The number of H-pyrrole nitrogens is 1. The monoisotopic (exact) mass is 415 g/mol. The van der Waals surface area contributed by atoms with E-state index in [1.165, 1.54) is 0 Å². The first-order valence-corrected chi connectivity index (χ1v) is 10.6. The molecular formula is C24H25N5O2. The van der Waals surface area contributed by atoms with Gasteiger partial charge in [-0.25, -0.2) is 9.67 Å². The highest BCUT2D eigenvalue weighted by Gasteiger charge is 2.28. The lowest BCUT2D eigenvalue weighted by molar-refractivity contribution is 0.0697. The van der Waals surface area contributed by atoms with E-state index in [1.807, 2.05) is 60.4 Å². The average molecular weight is 415 g/mol. The maximum absolute atomic E-state index is 13.1. The Morgan fingerprint density at radius 1 is 1.16 bits per heavy atom. The SMILES string of the molecule is Cc1ccccc1OCn1ccc(C(=O)N2CCCC(c3nc4ccccc4[nH]3)C2)n1. The third-order valence-corrected chi connectivity index (χ3v) is 5.81. The van der Waals surface area contributed by atoms with Gasteiger partial charge in [-0.05, 0) is 49.6 Å². The first kappa shape index (κ1) is 19.4. The number of piperidine rings is 1. The Bertz CT molecular complexity index is 1180. The highest BCUT2D eigenvalue weighted by molar-refractivity contribution is 5.92. The number of ether oxygens (including phenoxy) is 1. The number of carbonyl (C=O) groups is 1. The smallest absolute Gasteiger partial charge is 0.274 e. The van der Waals surface area contributed by atoms with Crippen LogP contribution in [0.3, 0.4) is 0 Å². The van der Waals surface area contributed by atoms with Crippen LogP contribution in [0.25, 0.3) is 11.0 Å². The fourth-order valence-corrected chi connectivity index (χ4v) is 4.11. The third-order valence-electron chi connectivity index (χ3n) is 5.81. The number of aromatic nitrogens is 4. The number of carbonyl (C=O) groups excluding carboxylic acids is 1. The molecule has 0 aliphatic carbocycles. The van der Waals surface area contributed by atoms with Crippen LogP contribution in [0.15, 0.2) is 60.8 Å². The van der Waals surface area contributed by atoms with Crippen LogP contribution in [-0.2, 0) is 6.73 Å². The number of hydrogen-bond acceptors (Lipinski definition) is 4. The van der Waals surface area contributed by atoms with E-state index in [0.29, 0.717) is 12.2 Å². The molecule has 0 radical (unpaired) electrons. The van der Waals surface area contributed by atoms with Crippen molar-refractivity contribution in [1.82, 2.24) is 24.6 Å². The largest absolute Gasteiger partial charge is 0.471 e. The zero-order valence-corrected chi connectivity index (χ0v) is 17.5. The molecule has 4 aromatic rings. The van der Waals surface area contributed by atoms with E-state index in [1.54, 1.807) is 16.9 Å². The van der Waals surface area contributed by atoms with Crippen molar-refractivity contribution in [3.63, 3.8) is 0 Å². The van der Waals surface area contributed by atoms with Gasteiger partial charge in [0.05, 0.1) is 11.0 Å². The quantitative estimate of drug-likeness (QED) is 0.532. The van der Waals surface area contributed by atoms with Crippen LogP contribution >= 0.6 is 0 Å². The van der Waals surface area contributed by atoms with Crippen molar-refractivity contribution in [1.29, 1.82) is 0 Å². The van der Waals surface area contributed by atoms with E-state index in [-0.39, 0.29) is 18.6 Å². The number of likely N-dealkylation sites (tertiary alicyclic amines) is 1. The molecule has 2 aromatic carbocycles. The summed E-state index contributed by atoms with van der Waals surface area (Å²) in [7, 11) is 0. The summed E-state index contributed by atoms with van der Waals surface area (Å²) >= 11 is 0. The molecule has 1 saturated heterocycles. The molecule has 7 heteroatoms. The fourth-order valence-electron chi connectivity index (χ4n) is 4.11. The molecule has 3 heterocycles. The molecule has 1 N–H and O–H groups in total. The second-order valence-electron chi connectivity index (χ2n) is 8.01. The molecule has 1 amide bonds. The predicted octanol–water partition coefficient (Wildman–Crippen LogP) is 4.12. The fraction of sp³-hybridized carbons (Fsp3) is 0.292. The topological polar surface area (TPSA) is 76.0 Å². The van der Waals surface area contributed by atoms with Crippen molar-refractivity contribution in [2.45, 2.75) is 32.4 Å². The lowest BCUT2D eigenvalue weighted by Crippen LogP contribution is -2.39. The highest BCUT2D eigenvalue weighted by Crippen LogP contribution is 2.27. The van der Waals surface area contributed by atoms with Gasteiger partial charge < -0.3 is 14.6 Å². The molecule has 0 saturated carbocycles. The molecule has 0 spiro atoms. The molecule has 2 aromatic heterocycles. The summed E-state index contributed by atoms with van der Waals surface area (Å²) in [5.74, 6) is 1.93. The van der Waals surface area contributed by atoms with Crippen LogP contribution in [0.4, 0.5) is 0 Å². The molecule has 5 rings (SSSR count). The predicted molar refractivity (Wildman–Crippen MR) is 118 cm³/mol. The van der Waals surface area contributed by atoms with Gasteiger partial charge in [0.25, 0.3) is 5.91 Å². The van der Waals surface area contributed by atoms with E-state index in [0.717, 1.165) is 47.6 Å². The zero-order chi connectivity index (χ0) is 21.2. The highest BCUT2D eigenvalue weighted by atomic mass is 16.5. The van der Waals surface area contributed by atoms with Gasteiger partial charge in [0.1, 0.15) is 11.6 Å². The minimum atomic E-state index is -0.0459. The summed E-state index contributed by atoms with van der Waals surface area (Å²) < 4.78 is 7.48. The Morgan fingerprint density at radius 2 is 2.00 bits per heavy atom. The Hall–Kier alpha value is -3.61. The third kappa shape index (κ3) is 4.03. The molecule has 31 heavy (non-hydrogen) atoms. The molecular weight excluding hydrogens is 390 g/mol. The molecule has 1 aliphatic heterocycles. The van der Waals surface area contributed by atoms with E-state index < -0.39 is 0 Å². The number of nitrogens with zero attached hydrogens (tertiary/aromatic N) is 4. The number of fused-ring (bicyclic) bond motifs is 1. The van der Waals surface area contributed by atoms with Gasteiger partial charge in [-0.2, -0.15) is 5.10 Å². The van der Waals surface area contributed by atoms with Gasteiger partial charge in [0.2, 0.25) is 0 Å². The van der Waals surface area contributed by atoms with Crippen LogP contribution in [-0.4, -0.2) is 43.6 Å². The Kier molecular flexibility index (Phi) is 5.16. The Labute approximate surface area is 180 Å². The number of para-hydroxylation sites is 3. The Morgan fingerprint density at radius 3 is 2.87 bits per heavy atom. The summed E-state index contributed by atoms with van der Waals surface area (Å²) in [6.07, 6.45) is 3.75. The van der Waals surface area contributed by atoms with Gasteiger partial charge in [-0.15, -0.1) is 0 Å². The minimum absolute atomic E-state index is 0.0459. The summed E-state index contributed by atoms with van der Waals surface area (Å²) in [5, 5.41) is 4.44. The lowest BCUT2D eigenvalue weighted by atomic mass is 9.97. The van der Waals surface area contributed by atoms with Gasteiger partial charge in [-0.1, -0.05) is 30.3 Å². The van der Waals surface area contributed by atoms with Crippen molar-refractivity contribution >= 4 is 16.9 Å². The number of rotatable bonds is 5. The van der Waals surface area contributed by atoms with Gasteiger partial charge in [0, 0.05) is 25.2 Å². The van der Waals surface area contributed by atoms with Crippen molar-refractivity contribution < 1.29 is 9.53 Å². The molecule has 158 valence electrons. The second-order valence-corrected chi connectivity index (χ2v) is 8.01. The molecule has 0 bridgehead atoms. The maximum Gasteiger partial charge on any atom is 0.274 e. The van der Waals surface area contributed by atoms with Crippen molar-refractivity contribution in [3.8, 4) is 5.75 Å². The molecule has 1 aliphatic rings. The van der Waals surface area contributed by atoms with Gasteiger partial charge in [-0.3, -0.25) is 4.79 Å². The van der Waals surface area contributed by atoms with Crippen LogP contribution in [0, 0.1) is 6.92 Å². The van der Waals surface area contributed by atoms with E-state index in [9.17, 15) is 4.79 Å². The number of aryl methyl sites for hydroxylation is 1. The van der Waals surface area contributed by atoms with E-state index in [4.69, 9.17) is 9.72 Å². The van der Waals surface area contributed by atoms with Crippen LogP contribution < -0.4 is 4.74 Å². The van der Waals surface area contributed by atoms with Gasteiger partial charge in [0.15, 0.2) is 12.4 Å². The average Bonchev–Trinajstić information content (AvgIpc) is 3.45. The maximum atomic E-state index is 13.1. The number of amides is 1. The van der Waals surface area contributed by atoms with Crippen molar-refractivity contribution in [3.05, 3.63) is 77.9 Å². The number of aromatic amines is 1. The molecule has 1 unspecified atom stereocenters. The standard InChI is InChI=1S/C24H25N5O2/c1-17-7-2-5-11-22(17)31-16-29-14-12-21(27-29)24(30)28-13-6-8-18(15-28)23-25-19-9-3-4-10-20(19)26-23/h2-5,7,9-12,14,18H,6,8,13,15-16H2,1H3,(H,25,26). The van der Waals surface area contributed by atoms with E-state index >= 15 is 0 Å². The minimum Gasteiger partial charge on any atom is -0.471 e. The van der Waals surface area contributed by atoms with Crippen LogP contribution in [0.5, 0.6) is 5.75 Å². The summed E-state index contributed by atoms with van der Waals surface area (Å²) in [4.78, 5) is 23.1. The second kappa shape index (κ2) is 8.26. The number of imidazole rings is 1. The Balaban J connectivity index is 1.25. The first-order chi connectivity index (χ1) is 15.2. The number of nitrogens with one attached hydrogen (secondary N) is 1.